The molecule has 128 valence electrons. The van der Waals surface area contributed by atoms with Gasteiger partial charge in [-0.25, -0.2) is 9.78 Å². The highest BCUT2D eigenvalue weighted by Gasteiger charge is 2.30. The molecule has 0 aliphatic rings. The van der Waals surface area contributed by atoms with Gasteiger partial charge in [0.25, 0.3) is 0 Å². The van der Waals surface area contributed by atoms with Gasteiger partial charge in [0.15, 0.2) is 0 Å². The van der Waals surface area contributed by atoms with Gasteiger partial charge in [-0.1, -0.05) is 6.07 Å². The Kier molecular flexibility index (Phi) is 4.17. The second-order valence-corrected chi connectivity index (χ2v) is 4.86. The topological polar surface area (TPSA) is 82.8 Å². The molecule has 0 radical (unpaired) electrons. The van der Waals surface area contributed by atoms with Gasteiger partial charge in [0.1, 0.15) is 11.4 Å². The van der Waals surface area contributed by atoms with Crippen LogP contribution in [0.2, 0.25) is 0 Å². The number of rotatable bonds is 3. The van der Waals surface area contributed by atoms with Crippen LogP contribution in [0.5, 0.6) is 0 Å². The summed E-state index contributed by atoms with van der Waals surface area (Å²) in [6, 6.07) is 8.94. The third-order valence-electron chi connectivity index (χ3n) is 3.28. The number of alkyl halides is 3. The van der Waals surface area contributed by atoms with Crippen molar-refractivity contribution in [2.75, 3.05) is 7.11 Å². The van der Waals surface area contributed by atoms with Crippen LogP contribution < -0.4 is 0 Å². The molecule has 0 saturated carbocycles. The smallest absolute Gasteiger partial charge is 0.416 e. The molecule has 0 N–H and O–H groups in total. The minimum atomic E-state index is -4.43. The van der Waals surface area contributed by atoms with Gasteiger partial charge in [-0.05, 0) is 46.8 Å². The predicted octanol–water partition coefficient (Wildman–Crippen LogP) is 2.53. The second-order valence-electron chi connectivity index (χ2n) is 4.86. The van der Waals surface area contributed by atoms with E-state index in [2.05, 4.69) is 25.2 Å². The van der Waals surface area contributed by atoms with Gasteiger partial charge in [0.05, 0.1) is 18.4 Å². The van der Waals surface area contributed by atoms with E-state index >= 15 is 0 Å². The van der Waals surface area contributed by atoms with E-state index in [1.807, 2.05) is 0 Å². The Hall–Kier alpha value is -3.30. The summed E-state index contributed by atoms with van der Waals surface area (Å²) in [7, 11) is 1.23. The second kappa shape index (κ2) is 6.30. The summed E-state index contributed by atoms with van der Waals surface area (Å²) in [5.74, 6) is -0.457. The lowest BCUT2D eigenvalue weighted by Crippen LogP contribution is -2.07. The third-order valence-corrected chi connectivity index (χ3v) is 3.28. The monoisotopic (exact) mass is 349 g/mol. The zero-order valence-electron chi connectivity index (χ0n) is 12.7. The molecule has 2 aromatic heterocycles. The van der Waals surface area contributed by atoms with Crippen molar-refractivity contribution in [3.63, 3.8) is 0 Å². The van der Waals surface area contributed by atoms with Crippen LogP contribution in [0.3, 0.4) is 0 Å². The van der Waals surface area contributed by atoms with E-state index < -0.39 is 17.7 Å². The molecule has 3 aromatic rings. The van der Waals surface area contributed by atoms with Gasteiger partial charge >= 0.3 is 12.1 Å². The normalized spacial score (nSPS) is 11.4. The van der Waals surface area contributed by atoms with Crippen LogP contribution in [0.25, 0.3) is 17.2 Å². The van der Waals surface area contributed by atoms with E-state index in [0.717, 1.165) is 12.1 Å². The quantitative estimate of drug-likeness (QED) is 0.676. The van der Waals surface area contributed by atoms with Gasteiger partial charge < -0.3 is 4.74 Å². The highest BCUT2D eigenvalue weighted by Crippen LogP contribution is 2.30. The van der Waals surface area contributed by atoms with Crippen molar-refractivity contribution in [2.24, 2.45) is 0 Å². The summed E-state index contributed by atoms with van der Waals surface area (Å²) in [4.78, 5) is 15.7. The van der Waals surface area contributed by atoms with Gasteiger partial charge in [-0.2, -0.15) is 17.9 Å². The maximum Gasteiger partial charge on any atom is 0.416 e. The van der Waals surface area contributed by atoms with Crippen molar-refractivity contribution >= 4 is 5.97 Å². The van der Waals surface area contributed by atoms with Crippen molar-refractivity contribution < 1.29 is 22.7 Å². The first-order valence-electron chi connectivity index (χ1n) is 6.92. The van der Waals surface area contributed by atoms with Gasteiger partial charge in [0, 0.05) is 0 Å². The van der Waals surface area contributed by atoms with Crippen molar-refractivity contribution in [3.8, 4) is 17.2 Å². The van der Waals surface area contributed by atoms with Gasteiger partial charge in [-0.3, -0.25) is 0 Å². The number of hydrogen-bond acceptors (Lipinski definition) is 6. The number of halogens is 3. The zero-order chi connectivity index (χ0) is 18.0. The number of aromatic nitrogens is 5. The first kappa shape index (κ1) is 16.6. The lowest BCUT2D eigenvalue weighted by Gasteiger charge is -2.08. The molecule has 10 heteroatoms. The molecule has 0 saturated heterocycles. The number of nitrogens with zero attached hydrogens (tertiary/aromatic N) is 5. The fraction of sp³-hybridized carbons (Fsp3) is 0.133. The van der Waals surface area contributed by atoms with Gasteiger partial charge in [-0.15, -0.1) is 5.10 Å². The molecule has 0 fully saturated rings. The number of benzene rings is 1. The lowest BCUT2D eigenvalue weighted by atomic mass is 10.2. The molecule has 0 aliphatic carbocycles. The number of ether oxygens (including phenoxy) is 1. The van der Waals surface area contributed by atoms with Crippen LogP contribution in [0, 0.1) is 0 Å². The summed E-state index contributed by atoms with van der Waals surface area (Å²) in [6.07, 6.45) is -4.43. The van der Waals surface area contributed by atoms with Crippen LogP contribution in [0.1, 0.15) is 16.1 Å². The lowest BCUT2D eigenvalue weighted by molar-refractivity contribution is -0.137. The predicted molar refractivity (Wildman–Crippen MR) is 78.7 cm³/mol. The van der Waals surface area contributed by atoms with Crippen LogP contribution in [0.4, 0.5) is 13.2 Å². The fourth-order valence-corrected chi connectivity index (χ4v) is 2.09. The number of carbonyl (C=O) groups excluding carboxylic acids is 1. The number of esters is 1. The molecule has 7 nitrogen and oxygen atoms in total. The number of tetrazole rings is 1. The van der Waals surface area contributed by atoms with E-state index in [4.69, 9.17) is 0 Å². The van der Waals surface area contributed by atoms with Crippen molar-refractivity contribution in [1.82, 2.24) is 25.2 Å². The largest absolute Gasteiger partial charge is 0.464 e. The van der Waals surface area contributed by atoms with E-state index in [1.54, 1.807) is 12.1 Å². The SMILES string of the molecule is COC(=O)c1cccc(-c2nnnn2-c2ccc(C(F)(F)F)cc2)n1. The van der Waals surface area contributed by atoms with Crippen LogP contribution in [0.15, 0.2) is 42.5 Å². The molecule has 0 spiro atoms. The number of carbonyl (C=O) groups is 1. The first-order chi connectivity index (χ1) is 11.9. The van der Waals surface area contributed by atoms with Crippen molar-refractivity contribution in [3.05, 3.63) is 53.7 Å². The molecular weight excluding hydrogens is 339 g/mol. The van der Waals surface area contributed by atoms with Crippen LogP contribution >= 0.6 is 0 Å². The first-order valence-corrected chi connectivity index (χ1v) is 6.92. The molecule has 25 heavy (non-hydrogen) atoms. The fourth-order valence-electron chi connectivity index (χ4n) is 2.09. The Morgan fingerprint density at radius 2 is 1.84 bits per heavy atom. The highest BCUT2D eigenvalue weighted by atomic mass is 19.4. The molecule has 3 rings (SSSR count). The summed E-state index contributed by atoms with van der Waals surface area (Å²) >= 11 is 0. The Balaban J connectivity index is 2.00. The molecule has 2 heterocycles. The maximum atomic E-state index is 12.7. The molecule has 0 amide bonds. The Morgan fingerprint density at radius 3 is 2.48 bits per heavy atom. The number of hydrogen-bond donors (Lipinski definition) is 0. The van der Waals surface area contributed by atoms with E-state index in [0.29, 0.717) is 5.69 Å². The molecular formula is C15H10F3N5O2. The standard InChI is InChI=1S/C15H10F3N5O2/c1-25-14(24)12-4-2-3-11(19-12)13-20-21-22-23(13)10-7-5-9(6-8-10)15(16,17)18/h2-8H,1H3. The molecule has 0 bridgehead atoms. The summed E-state index contributed by atoms with van der Waals surface area (Å²) in [5, 5.41) is 11.1. The minimum Gasteiger partial charge on any atom is -0.464 e. The van der Waals surface area contributed by atoms with Crippen LogP contribution in [-0.2, 0) is 10.9 Å². The summed E-state index contributed by atoms with van der Waals surface area (Å²) < 4.78 is 43.8. The average Bonchev–Trinajstić information content (AvgIpc) is 3.10. The maximum absolute atomic E-state index is 12.7. The summed E-state index contributed by atoms with van der Waals surface area (Å²) in [6.45, 7) is 0. The van der Waals surface area contributed by atoms with Crippen molar-refractivity contribution in [1.29, 1.82) is 0 Å². The van der Waals surface area contributed by atoms with E-state index in [1.165, 1.54) is 30.0 Å². The van der Waals surface area contributed by atoms with Crippen LogP contribution in [-0.4, -0.2) is 38.3 Å². The molecule has 1 aromatic carbocycles. The highest BCUT2D eigenvalue weighted by molar-refractivity contribution is 5.87. The molecule has 0 aliphatic heterocycles. The molecule has 0 atom stereocenters. The third kappa shape index (κ3) is 3.32. The Bertz CT molecular complexity index is 906. The van der Waals surface area contributed by atoms with E-state index in [9.17, 15) is 18.0 Å². The number of methoxy groups -OCH3 is 1. The van der Waals surface area contributed by atoms with E-state index in [-0.39, 0.29) is 17.2 Å². The zero-order valence-corrected chi connectivity index (χ0v) is 12.7. The number of pyridine rings is 1. The summed E-state index contributed by atoms with van der Waals surface area (Å²) in [5.41, 5.74) is -0.135. The van der Waals surface area contributed by atoms with Crippen molar-refractivity contribution in [2.45, 2.75) is 6.18 Å². The molecule has 0 unspecified atom stereocenters. The Morgan fingerprint density at radius 1 is 1.12 bits per heavy atom. The van der Waals surface area contributed by atoms with Gasteiger partial charge in [0.2, 0.25) is 5.82 Å². The average molecular weight is 349 g/mol. The minimum absolute atomic E-state index is 0.0574. The Labute approximate surface area is 139 Å².